The van der Waals surface area contributed by atoms with E-state index < -0.39 is 0 Å². The number of hydrogen-bond donors (Lipinski definition) is 0. The Morgan fingerprint density at radius 1 is 0.971 bits per heavy atom. The second-order valence-electron chi connectivity index (χ2n) is 11.3. The van der Waals surface area contributed by atoms with Gasteiger partial charge in [-0.15, -0.1) is 0 Å². The predicted molar refractivity (Wildman–Crippen MR) is 136 cm³/mol. The monoisotopic (exact) mass is 470 g/mol. The highest BCUT2D eigenvalue weighted by atomic mass is 16.5. The van der Waals surface area contributed by atoms with Crippen molar-refractivity contribution in [3.8, 4) is 5.75 Å². The molecule has 0 unspecified atom stereocenters. The van der Waals surface area contributed by atoms with Gasteiger partial charge >= 0.3 is 0 Å². The first-order valence-electron chi connectivity index (χ1n) is 12.9. The molecule has 6 nitrogen and oxygen atoms in total. The van der Waals surface area contributed by atoms with Gasteiger partial charge in [0.2, 0.25) is 0 Å². The smallest absolute Gasteiger partial charge is 0.272 e. The van der Waals surface area contributed by atoms with Crippen LogP contribution in [0.15, 0.2) is 48.7 Å². The second-order valence-corrected chi connectivity index (χ2v) is 11.3. The van der Waals surface area contributed by atoms with Crippen molar-refractivity contribution in [2.75, 3.05) is 26.2 Å². The van der Waals surface area contributed by atoms with Crippen molar-refractivity contribution in [1.29, 1.82) is 0 Å². The van der Waals surface area contributed by atoms with Gasteiger partial charge < -0.3 is 9.64 Å². The molecule has 3 aromatic rings. The third kappa shape index (κ3) is 4.40. The molecule has 0 bridgehead atoms. The quantitative estimate of drug-likeness (QED) is 0.547. The van der Waals surface area contributed by atoms with Crippen LogP contribution in [0.25, 0.3) is 11.0 Å². The van der Waals surface area contributed by atoms with Crippen LogP contribution < -0.4 is 4.74 Å². The molecule has 1 amide bonds. The van der Waals surface area contributed by atoms with E-state index in [2.05, 4.69) is 46.9 Å². The molecule has 0 saturated carbocycles. The fourth-order valence-electron chi connectivity index (χ4n) is 6.15. The lowest BCUT2D eigenvalue weighted by atomic mass is 9.71. The van der Waals surface area contributed by atoms with Crippen LogP contribution in [0.2, 0.25) is 0 Å². The number of pyridine rings is 2. The van der Waals surface area contributed by atoms with Crippen molar-refractivity contribution in [2.24, 2.45) is 5.41 Å². The molecule has 5 heterocycles. The van der Waals surface area contributed by atoms with Gasteiger partial charge in [-0.1, -0.05) is 18.2 Å². The molecule has 3 aliphatic heterocycles. The molecule has 0 atom stereocenters. The summed E-state index contributed by atoms with van der Waals surface area (Å²) in [6.45, 7) is 9.15. The van der Waals surface area contributed by atoms with E-state index in [0.29, 0.717) is 16.8 Å². The third-order valence-corrected chi connectivity index (χ3v) is 8.28. The molecule has 6 rings (SSSR count). The average molecular weight is 471 g/mol. The average Bonchev–Trinajstić information content (AvgIpc) is 3.20. The van der Waals surface area contributed by atoms with Crippen LogP contribution in [0.4, 0.5) is 0 Å². The van der Waals surface area contributed by atoms with E-state index >= 15 is 0 Å². The number of ether oxygens (including phenoxy) is 1. The molecule has 2 fully saturated rings. The fourth-order valence-corrected chi connectivity index (χ4v) is 6.15. The highest BCUT2D eigenvalue weighted by Crippen LogP contribution is 2.43. The molecular weight excluding hydrogens is 436 g/mol. The minimum Gasteiger partial charge on any atom is -0.487 e. The van der Waals surface area contributed by atoms with Crippen molar-refractivity contribution < 1.29 is 9.53 Å². The van der Waals surface area contributed by atoms with Crippen LogP contribution in [-0.2, 0) is 13.0 Å². The number of nitrogens with zero attached hydrogens (tertiary/aromatic N) is 4. The Balaban J connectivity index is 1.05. The van der Waals surface area contributed by atoms with E-state index in [1.807, 2.05) is 29.2 Å². The van der Waals surface area contributed by atoms with Crippen LogP contribution in [0.1, 0.15) is 61.1 Å². The molecule has 1 aromatic carbocycles. The highest BCUT2D eigenvalue weighted by Gasteiger charge is 2.39. The van der Waals surface area contributed by atoms with E-state index in [9.17, 15) is 4.79 Å². The topological polar surface area (TPSA) is 58.6 Å². The first kappa shape index (κ1) is 22.5. The van der Waals surface area contributed by atoms with Crippen LogP contribution >= 0.6 is 0 Å². The maximum absolute atomic E-state index is 13.1. The Bertz CT molecular complexity index is 1250. The van der Waals surface area contributed by atoms with E-state index in [0.717, 1.165) is 63.1 Å². The van der Waals surface area contributed by atoms with Gasteiger partial charge in [-0.2, -0.15) is 0 Å². The zero-order chi connectivity index (χ0) is 24.0. The van der Waals surface area contributed by atoms with Crippen molar-refractivity contribution in [2.45, 2.75) is 58.1 Å². The lowest BCUT2D eigenvalue weighted by molar-refractivity contribution is 0.0279. The van der Waals surface area contributed by atoms with Gasteiger partial charge in [0.25, 0.3) is 5.91 Å². The van der Waals surface area contributed by atoms with Gasteiger partial charge in [-0.05, 0) is 87.9 Å². The predicted octanol–water partition coefficient (Wildman–Crippen LogP) is 4.86. The summed E-state index contributed by atoms with van der Waals surface area (Å²) in [4.78, 5) is 26.5. The van der Waals surface area contributed by atoms with Crippen LogP contribution in [-0.4, -0.2) is 57.5 Å². The molecule has 2 aromatic heterocycles. The van der Waals surface area contributed by atoms with Crippen molar-refractivity contribution in [3.05, 3.63) is 65.5 Å². The molecule has 6 heteroatoms. The number of rotatable bonds is 3. The fraction of sp³-hybridized carbons (Fsp3) is 0.483. The summed E-state index contributed by atoms with van der Waals surface area (Å²) in [6, 6.07) is 14.2. The molecule has 3 aliphatic rings. The summed E-state index contributed by atoms with van der Waals surface area (Å²) >= 11 is 0. The Kier molecular flexibility index (Phi) is 5.52. The highest BCUT2D eigenvalue weighted by molar-refractivity contribution is 5.94. The maximum Gasteiger partial charge on any atom is 0.272 e. The summed E-state index contributed by atoms with van der Waals surface area (Å²) in [5, 5.41) is 0.962. The second kappa shape index (κ2) is 8.59. The summed E-state index contributed by atoms with van der Waals surface area (Å²) < 4.78 is 6.30. The van der Waals surface area contributed by atoms with E-state index in [4.69, 9.17) is 4.74 Å². The molecule has 182 valence electrons. The van der Waals surface area contributed by atoms with Crippen LogP contribution in [0.3, 0.4) is 0 Å². The molecule has 0 aliphatic carbocycles. The van der Waals surface area contributed by atoms with E-state index in [1.54, 1.807) is 6.20 Å². The SMILES string of the molecule is CC1(C)Cc2cccc(CN3CCC4(CC3)CCN(C(=O)c3ccc5cccnc5n3)CC4)c2O1. The minimum absolute atomic E-state index is 0.0331. The molecule has 0 radical (unpaired) electrons. The van der Waals surface area contributed by atoms with Crippen molar-refractivity contribution in [3.63, 3.8) is 0 Å². The largest absolute Gasteiger partial charge is 0.487 e. The number of para-hydroxylation sites is 1. The van der Waals surface area contributed by atoms with Crippen molar-refractivity contribution in [1.82, 2.24) is 19.8 Å². The van der Waals surface area contributed by atoms with Gasteiger partial charge in [-0.3, -0.25) is 9.69 Å². The lowest BCUT2D eigenvalue weighted by Crippen LogP contribution is -2.48. The minimum atomic E-state index is -0.103. The maximum atomic E-state index is 13.1. The van der Waals surface area contributed by atoms with Gasteiger partial charge in [0.15, 0.2) is 5.65 Å². The molecule has 1 spiro atoms. The Morgan fingerprint density at radius 3 is 2.54 bits per heavy atom. The third-order valence-electron chi connectivity index (χ3n) is 8.28. The number of benzene rings is 1. The zero-order valence-electron chi connectivity index (χ0n) is 20.8. The lowest BCUT2D eigenvalue weighted by Gasteiger charge is -2.47. The van der Waals surface area contributed by atoms with E-state index in [-0.39, 0.29) is 11.5 Å². The number of piperidine rings is 2. The standard InChI is InChI=1S/C29H34N4O2/c1-28(2)19-22-5-3-6-23(25(22)35-28)20-32-15-10-29(11-16-32)12-17-33(18-13-29)27(34)24-9-8-21-7-4-14-30-26(21)31-24/h3-9,14H,10-13,15-20H2,1-2H3. The first-order valence-corrected chi connectivity index (χ1v) is 12.9. The summed E-state index contributed by atoms with van der Waals surface area (Å²) in [5.41, 5.74) is 4.06. The Hall–Kier alpha value is -2.99. The zero-order valence-corrected chi connectivity index (χ0v) is 20.8. The van der Waals surface area contributed by atoms with E-state index in [1.165, 1.54) is 24.0 Å². The Labute approximate surface area is 207 Å². The number of hydrogen-bond acceptors (Lipinski definition) is 5. The number of fused-ring (bicyclic) bond motifs is 2. The summed E-state index contributed by atoms with van der Waals surface area (Å²) in [7, 11) is 0. The molecule has 2 saturated heterocycles. The number of likely N-dealkylation sites (tertiary alicyclic amines) is 2. The van der Waals surface area contributed by atoms with Crippen LogP contribution in [0, 0.1) is 5.41 Å². The number of carbonyl (C=O) groups is 1. The van der Waals surface area contributed by atoms with Crippen LogP contribution in [0.5, 0.6) is 5.75 Å². The molecule has 35 heavy (non-hydrogen) atoms. The summed E-state index contributed by atoms with van der Waals surface area (Å²) in [6.07, 6.45) is 7.27. The normalized spacial score (nSPS) is 21.1. The summed E-state index contributed by atoms with van der Waals surface area (Å²) in [5.74, 6) is 1.15. The first-order chi connectivity index (χ1) is 16.9. The number of carbonyl (C=O) groups excluding carboxylic acids is 1. The van der Waals surface area contributed by atoms with Crippen molar-refractivity contribution >= 4 is 16.9 Å². The molecule has 0 N–H and O–H groups in total. The van der Waals surface area contributed by atoms with Gasteiger partial charge in [-0.25, -0.2) is 9.97 Å². The van der Waals surface area contributed by atoms with Gasteiger partial charge in [0, 0.05) is 43.2 Å². The number of aromatic nitrogens is 2. The Morgan fingerprint density at radius 2 is 1.74 bits per heavy atom. The van der Waals surface area contributed by atoms with Gasteiger partial charge in [0.05, 0.1) is 0 Å². The van der Waals surface area contributed by atoms with Gasteiger partial charge in [0.1, 0.15) is 17.0 Å². The molecular formula is C29H34N4O2. The number of amides is 1.